The molecule has 0 fully saturated rings. The molecule has 0 spiro atoms. The Morgan fingerprint density at radius 1 is 1.28 bits per heavy atom. The van der Waals surface area contributed by atoms with Gasteiger partial charge in [0.1, 0.15) is 12.3 Å². The van der Waals surface area contributed by atoms with Crippen molar-refractivity contribution in [3.63, 3.8) is 0 Å². The quantitative estimate of drug-likeness (QED) is 0.324. The molecule has 9 nitrogen and oxygen atoms in total. The summed E-state index contributed by atoms with van der Waals surface area (Å²) >= 11 is 1.23. The Morgan fingerprint density at radius 2 is 2.10 bits per heavy atom. The number of ether oxygens (including phenoxy) is 1. The van der Waals surface area contributed by atoms with Crippen LogP contribution < -0.4 is 5.32 Å². The number of anilines is 1. The van der Waals surface area contributed by atoms with Gasteiger partial charge in [0.05, 0.1) is 18.6 Å². The molecule has 1 aromatic carbocycles. The zero-order chi connectivity index (χ0) is 20.5. The number of amides is 1. The van der Waals surface area contributed by atoms with Crippen LogP contribution in [0.15, 0.2) is 58.3 Å². The molecule has 1 N–H and O–H groups in total. The molecular weight excluding hydrogens is 394 g/mol. The maximum Gasteiger partial charge on any atom is 0.330 e. The van der Waals surface area contributed by atoms with Crippen LogP contribution in [0.4, 0.5) is 5.69 Å². The molecule has 0 saturated carbocycles. The van der Waals surface area contributed by atoms with Crippen molar-refractivity contribution in [2.75, 3.05) is 17.7 Å². The van der Waals surface area contributed by atoms with Gasteiger partial charge in [-0.05, 0) is 53.3 Å². The van der Waals surface area contributed by atoms with E-state index in [2.05, 4.69) is 20.8 Å². The average Bonchev–Trinajstić information content (AvgIpc) is 3.38. The zero-order valence-electron chi connectivity index (χ0n) is 15.6. The Morgan fingerprint density at radius 3 is 2.83 bits per heavy atom. The number of carbonyl (C=O) groups excluding carboxylic acids is 2. The van der Waals surface area contributed by atoms with Gasteiger partial charge in [-0.15, -0.1) is 5.10 Å². The Labute approximate surface area is 171 Å². The Bertz CT molecular complexity index is 967. The summed E-state index contributed by atoms with van der Waals surface area (Å²) in [7, 11) is 0. The van der Waals surface area contributed by atoms with Crippen molar-refractivity contribution in [1.29, 1.82) is 0 Å². The van der Waals surface area contributed by atoms with Gasteiger partial charge in [-0.1, -0.05) is 23.9 Å². The van der Waals surface area contributed by atoms with E-state index in [1.165, 1.54) is 17.8 Å². The zero-order valence-corrected chi connectivity index (χ0v) is 16.5. The van der Waals surface area contributed by atoms with Crippen molar-refractivity contribution in [1.82, 2.24) is 20.2 Å². The first kappa shape index (κ1) is 20.3. The molecule has 0 aliphatic heterocycles. The Balaban J connectivity index is 1.49. The monoisotopic (exact) mass is 413 g/mol. The second-order valence-electron chi connectivity index (χ2n) is 5.74. The van der Waals surface area contributed by atoms with E-state index in [4.69, 9.17) is 9.15 Å². The lowest BCUT2D eigenvalue weighted by molar-refractivity contribution is -0.137. The minimum atomic E-state index is -0.392. The second-order valence-corrected chi connectivity index (χ2v) is 6.69. The van der Waals surface area contributed by atoms with Crippen LogP contribution in [0.5, 0.6) is 0 Å². The molecule has 0 aliphatic rings. The minimum absolute atomic E-state index is 0.156. The van der Waals surface area contributed by atoms with Crippen molar-refractivity contribution in [2.24, 2.45) is 0 Å². The highest BCUT2D eigenvalue weighted by molar-refractivity contribution is 7.99. The van der Waals surface area contributed by atoms with Gasteiger partial charge in [0, 0.05) is 11.8 Å². The van der Waals surface area contributed by atoms with Crippen molar-refractivity contribution in [3.8, 4) is 0 Å². The van der Waals surface area contributed by atoms with Crippen LogP contribution in [0.3, 0.4) is 0 Å². The van der Waals surface area contributed by atoms with Crippen LogP contribution in [-0.4, -0.2) is 44.4 Å². The number of nitrogens with one attached hydrogen (secondary N) is 1. The predicted molar refractivity (Wildman–Crippen MR) is 107 cm³/mol. The number of tetrazole rings is 1. The number of aromatic nitrogens is 4. The molecule has 0 unspecified atom stereocenters. The molecule has 10 heteroatoms. The molecule has 3 aromatic rings. The van der Waals surface area contributed by atoms with Gasteiger partial charge in [0.2, 0.25) is 11.1 Å². The lowest BCUT2D eigenvalue weighted by atomic mass is 10.2. The van der Waals surface area contributed by atoms with Gasteiger partial charge < -0.3 is 14.5 Å². The molecule has 2 heterocycles. The van der Waals surface area contributed by atoms with Crippen molar-refractivity contribution >= 4 is 35.4 Å². The number of esters is 1. The summed E-state index contributed by atoms with van der Waals surface area (Å²) in [6.45, 7) is 2.48. The van der Waals surface area contributed by atoms with Gasteiger partial charge in [-0.2, -0.15) is 0 Å². The minimum Gasteiger partial charge on any atom is -0.467 e. The number of furan rings is 1. The Hall–Kier alpha value is -3.40. The standard InChI is InChI=1S/C19H19N5O4S/c1-2-27-18(26)10-7-14-5-8-15(9-6-14)20-17(25)13-29-19-21-22-23-24(19)12-16-4-3-11-28-16/h3-11H,2,12-13H2,1H3,(H,20,25)/b10-7+. The van der Waals surface area contributed by atoms with E-state index in [1.807, 2.05) is 6.07 Å². The number of rotatable bonds is 9. The SMILES string of the molecule is CCOC(=O)/C=C/c1ccc(NC(=O)CSc2nnnn2Cc2ccco2)cc1. The van der Waals surface area contributed by atoms with Crippen LogP contribution in [0.2, 0.25) is 0 Å². The number of hydrogen-bond donors (Lipinski definition) is 1. The molecule has 0 bridgehead atoms. The van der Waals surface area contributed by atoms with E-state index >= 15 is 0 Å². The van der Waals surface area contributed by atoms with Crippen molar-refractivity contribution in [3.05, 3.63) is 60.1 Å². The van der Waals surface area contributed by atoms with E-state index < -0.39 is 5.97 Å². The molecule has 0 radical (unpaired) electrons. The molecule has 3 rings (SSSR count). The van der Waals surface area contributed by atoms with Gasteiger partial charge >= 0.3 is 5.97 Å². The fraction of sp³-hybridized carbons (Fsp3) is 0.211. The maximum absolute atomic E-state index is 12.2. The topological polar surface area (TPSA) is 112 Å². The molecule has 29 heavy (non-hydrogen) atoms. The summed E-state index contributed by atoms with van der Waals surface area (Å²) in [6.07, 6.45) is 4.59. The summed E-state index contributed by atoms with van der Waals surface area (Å²) in [5.41, 5.74) is 1.47. The third kappa shape index (κ3) is 6.32. The largest absolute Gasteiger partial charge is 0.467 e. The third-order valence-electron chi connectivity index (χ3n) is 3.61. The van der Waals surface area contributed by atoms with Gasteiger partial charge in [-0.3, -0.25) is 4.79 Å². The Kier molecular flexibility index (Phi) is 7.17. The fourth-order valence-corrected chi connectivity index (χ4v) is 2.99. The van der Waals surface area contributed by atoms with E-state index in [1.54, 1.807) is 54.3 Å². The summed E-state index contributed by atoms with van der Waals surface area (Å²) < 4.78 is 11.7. The predicted octanol–water partition coefficient (Wildman–Crippen LogP) is 2.62. The first-order chi connectivity index (χ1) is 14.1. The highest BCUT2D eigenvalue weighted by Gasteiger charge is 2.11. The van der Waals surface area contributed by atoms with E-state index in [0.29, 0.717) is 24.0 Å². The summed E-state index contributed by atoms with van der Waals surface area (Å²) in [6, 6.07) is 10.7. The lowest BCUT2D eigenvalue weighted by Gasteiger charge is -2.06. The van der Waals surface area contributed by atoms with Crippen molar-refractivity contribution < 1.29 is 18.7 Å². The van der Waals surface area contributed by atoms with Crippen LogP contribution in [-0.2, 0) is 20.9 Å². The van der Waals surface area contributed by atoms with Crippen LogP contribution in [0, 0.1) is 0 Å². The number of carbonyl (C=O) groups is 2. The first-order valence-electron chi connectivity index (χ1n) is 8.80. The summed E-state index contributed by atoms with van der Waals surface area (Å²) in [4.78, 5) is 23.5. The van der Waals surface area contributed by atoms with Gasteiger partial charge in [0.25, 0.3) is 0 Å². The molecule has 150 valence electrons. The lowest BCUT2D eigenvalue weighted by Crippen LogP contribution is -2.14. The number of hydrogen-bond acceptors (Lipinski definition) is 8. The highest BCUT2D eigenvalue weighted by Crippen LogP contribution is 2.17. The number of nitrogens with zero attached hydrogens (tertiary/aromatic N) is 4. The molecular formula is C19H19N5O4S. The van der Waals surface area contributed by atoms with E-state index in [9.17, 15) is 9.59 Å². The first-order valence-corrected chi connectivity index (χ1v) is 9.78. The van der Waals surface area contributed by atoms with Crippen LogP contribution in [0.1, 0.15) is 18.2 Å². The third-order valence-corrected chi connectivity index (χ3v) is 4.57. The highest BCUT2D eigenvalue weighted by atomic mass is 32.2. The normalized spacial score (nSPS) is 10.9. The van der Waals surface area contributed by atoms with E-state index in [0.717, 1.165) is 11.3 Å². The molecule has 1 amide bonds. The summed E-state index contributed by atoms with van der Waals surface area (Å²) in [5, 5.41) is 14.8. The van der Waals surface area contributed by atoms with E-state index in [-0.39, 0.29) is 11.7 Å². The van der Waals surface area contributed by atoms with Crippen molar-refractivity contribution in [2.45, 2.75) is 18.6 Å². The average molecular weight is 413 g/mol. The number of thioether (sulfide) groups is 1. The number of benzene rings is 1. The molecule has 2 aromatic heterocycles. The summed E-state index contributed by atoms with van der Waals surface area (Å²) in [5.74, 6) is 0.303. The fourth-order valence-electron chi connectivity index (χ4n) is 2.31. The second kappa shape index (κ2) is 10.2. The molecule has 0 saturated heterocycles. The van der Waals surface area contributed by atoms with Crippen LogP contribution >= 0.6 is 11.8 Å². The van der Waals surface area contributed by atoms with Gasteiger partial charge in [0.15, 0.2) is 0 Å². The molecule has 0 aliphatic carbocycles. The maximum atomic E-state index is 12.2. The van der Waals surface area contributed by atoms with Gasteiger partial charge in [-0.25, -0.2) is 9.48 Å². The smallest absolute Gasteiger partial charge is 0.330 e. The molecule has 0 atom stereocenters. The van der Waals surface area contributed by atoms with Crippen LogP contribution in [0.25, 0.3) is 6.08 Å².